The SMILES string of the molecule is CC(C)(C)CC(=O)NCC(=O)NCCNC1CCCCCC1. The minimum absolute atomic E-state index is 0.0524. The Balaban J connectivity index is 2.04. The molecule has 0 spiro atoms. The Morgan fingerprint density at radius 3 is 2.14 bits per heavy atom. The first-order valence-electron chi connectivity index (χ1n) is 8.63. The zero-order valence-corrected chi connectivity index (χ0v) is 14.5. The summed E-state index contributed by atoms with van der Waals surface area (Å²) in [5.74, 6) is -0.191. The maximum absolute atomic E-state index is 11.7. The molecule has 1 fully saturated rings. The fourth-order valence-electron chi connectivity index (χ4n) is 2.75. The second-order valence-corrected chi connectivity index (χ2v) is 7.51. The third kappa shape index (κ3) is 9.77. The zero-order valence-electron chi connectivity index (χ0n) is 14.5. The lowest BCUT2D eigenvalue weighted by atomic mass is 9.92. The van der Waals surface area contributed by atoms with Gasteiger partial charge in [0.25, 0.3) is 0 Å². The zero-order chi connectivity index (χ0) is 16.4. The Labute approximate surface area is 135 Å². The molecule has 0 atom stereocenters. The van der Waals surface area contributed by atoms with Crippen LogP contribution in [0.5, 0.6) is 0 Å². The first-order valence-corrected chi connectivity index (χ1v) is 8.63. The molecule has 0 bridgehead atoms. The van der Waals surface area contributed by atoms with Gasteiger partial charge in [0.1, 0.15) is 0 Å². The van der Waals surface area contributed by atoms with Crippen molar-refractivity contribution < 1.29 is 9.59 Å². The van der Waals surface area contributed by atoms with Crippen molar-refractivity contribution in [1.82, 2.24) is 16.0 Å². The molecule has 0 saturated heterocycles. The number of hydrogen-bond acceptors (Lipinski definition) is 3. The third-order valence-corrected chi connectivity index (χ3v) is 3.87. The summed E-state index contributed by atoms with van der Waals surface area (Å²) >= 11 is 0. The van der Waals surface area contributed by atoms with Crippen molar-refractivity contribution in [3.05, 3.63) is 0 Å². The van der Waals surface area contributed by atoms with E-state index in [1.165, 1.54) is 38.5 Å². The van der Waals surface area contributed by atoms with Gasteiger partial charge in [0.15, 0.2) is 0 Å². The maximum atomic E-state index is 11.7. The van der Waals surface area contributed by atoms with Crippen molar-refractivity contribution in [1.29, 1.82) is 0 Å². The fraction of sp³-hybridized carbons (Fsp3) is 0.882. The highest BCUT2D eigenvalue weighted by Gasteiger charge is 2.16. The van der Waals surface area contributed by atoms with Gasteiger partial charge in [0, 0.05) is 25.6 Å². The van der Waals surface area contributed by atoms with Gasteiger partial charge in [-0.3, -0.25) is 9.59 Å². The summed E-state index contributed by atoms with van der Waals surface area (Å²) in [6.07, 6.45) is 8.25. The van der Waals surface area contributed by atoms with Crippen LogP contribution in [0.15, 0.2) is 0 Å². The van der Waals surface area contributed by atoms with E-state index in [1.807, 2.05) is 20.8 Å². The molecule has 2 amide bonds. The summed E-state index contributed by atoms with van der Waals surface area (Å²) in [5.41, 5.74) is -0.0524. The number of carbonyl (C=O) groups is 2. The minimum atomic E-state index is -0.120. The Kier molecular flexibility index (Phi) is 8.46. The van der Waals surface area contributed by atoms with E-state index in [0.717, 1.165) is 6.54 Å². The highest BCUT2D eigenvalue weighted by molar-refractivity contribution is 5.84. The van der Waals surface area contributed by atoms with Crippen LogP contribution in [-0.4, -0.2) is 37.5 Å². The molecule has 5 nitrogen and oxygen atoms in total. The van der Waals surface area contributed by atoms with E-state index < -0.39 is 0 Å². The van der Waals surface area contributed by atoms with Gasteiger partial charge in [-0.1, -0.05) is 46.5 Å². The molecule has 0 aliphatic heterocycles. The van der Waals surface area contributed by atoms with Gasteiger partial charge in [-0.25, -0.2) is 0 Å². The lowest BCUT2D eigenvalue weighted by Gasteiger charge is -2.17. The number of nitrogens with one attached hydrogen (secondary N) is 3. The minimum Gasteiger partial charge on any atom is -0.353 e. The smallest absolute Gasteiger partial charge is 0.239 e. The Hall–Kier alpha value is -1.10. The van der Waals surface area contributed by atoms with Gasteiger partial charge < -0.3 is 16.0 Å². The van der Waals surface area contributed by atoms with Gasteiger partial charge in [0.05, 0.1) is 6.54 Å². The van der Waals surface area contributed by atoms with Crippen LogP contribution in [0.4, 0.5) is 0 Å². The van der Waals surface area contributed by atoms with Crippen molar-refractivity contribution in [2.45, 2.75) is 71.8 Å². The molecule has 0 radical (unpaired) electrons. The molecule has 22 heavy (non-hydrogen) atoms. The van der Waals surface area contributed by atoms with Crippen LogP contribution in [0.25, 0.3) is 0 Å². The quantitative estimate of drug-likeness (QED) is 0.497. The monoisotopic (exact) mass is 311 g/mol. The fourth-order valence-corrected chi connectivity index (χ4v) is 2.75. The van der Waals surface area contributed by atoms with Crippen molar-refractivity contribution in [3.63, 3.8) is 0 Å². The average molecular weight is 311 g/mol. The van der Waals surface area contributed by atoms with Crippen molar-refractivity contribution in [3.8, 4) is 0 Å². The summed E-state index contributed by atoms with van der Waals surface area (Å²) in [4.78, 5) is 23.3. The van der Waals surface area contributed by atoms with E-state index in [0.29, 0.717) is 19.0 Å². The molecule has 1 saturated carbocycles. The normalized spacial score (nSPS) is 16.9. The van der Waals surface area contributed by atoms with E-state index in [4.69, 9.17) is 0 Å². The topological polar surface area (TPSA) is 70.2 Å². The summed E-state index contributed by atoms with van der Waals surface area (Å²) in [7, 11) is 0. The summed E-state index contributed by atoms with van der Waals surface area (Å²) in [6, 6.07) is 0.603. The molecule has 0 aromatic carbocycles. The first-order chi connectivity index (χ1) is 10.4. The van der Waals surface area contributed by atoms with Crippen molar-refractivity contribution in [2.24, 2.45) is 5.41 Å². The van der Waals surface area contributed by atoms with Crippen LogP contribution >= 0.6 is 0 Å². The lowest BCUT2D eigenvalue weighted by molar-refractivity contribution is -0.127. The molecule has 1 rings (SSSR count). The molecule has 3 N–H and O–H groups in total. The molecule has 0 unspecified atom stereocenters. The van der Waals surface area contributed by atoms with Crippen LogP contribution in [0.2, 0.25) is 0 Å². The summed E-state index contributed by atoms with van der Waals surface area (Å²) < 4.78 is 0. The van der Waals surface area contributed by atoms with E-state index in [-0.39, 0.29) is 23.8 Å². The predicted octanol–water partition coefficient (Wildman–Crippen LogP) is 1.97. The van der Waals surface area contributed by atoms with E-state index in [2.05, 4.69) is 16.0 Å². The van der Waals surface area contributed by atoms with E-state index >= 15 is 0 Å². The number of amides is 2. The van der Waals surface area contributed by atoms with Gasteiger partial charge in [-0.2, -0.15) is 0 Å². The largest absolute Gasteiger partial charge is 0.353 e. The van der Waals surface area contributed by atoms with Crippen LogP contribution in [0.1, 0.15) is 65.7 Å². The van der Waals surface area contributed by atoms with Gasteiger partial charge >= 0.3 is 0 Å². The molecule has 0 aromatic heterocycles. The molecule has 128 valence electrons. The van der Waals surface area contributed by atoms with Crippen LogP contribution in [0, 0.1) is 5.41 Å². The van der Waals surface area contributed by atoms with E-state index in [9.17, 15) is 9.59 Å². The van der Waals surface area contributed by atoms with Crippen LogP contribution < -0.4 is 16.0 Å². The average Bonchev–Trinajstić information content (AvgIpc) is 2.68. The van der Waals surface area contributed by atoms with Crippen LogP contribution in [-0.2, 0) is 9.59 Å². The van der Waals surface area contributed by atoms with E-state index in [1.54, 1.807) is 0 Å². The molecule has 5 heteroatoms. The first kappa shape index (κ1) is 18.9. The Morgan fingerprint density at radius 1 is 0.909 bits per heavy atom. The Bertz CT molecular complexity index is 342. The summed E-state index contributed by atoms with van der Waals surface area (Å²) in [5, 5.41) is 9.02. The van der Waals surface area contributed by atoms with Gasteiger partial charge in [-0.05, 0) is 18.3 Å². The molecule has 1 aliphatic rings. The number of hydrogen-bond donors (Lipinski definition) is 3. The standard InChI is InChI=1S/C17H33N3O2/c1-17(2,3)12-15(21)20-13-16(22)19-11-10-18-14-8-6-4-5-7-9-14/h14,18H,4-13H2,1-3H3,(H,19,22)(H,20,21). The summed E-state index contributed by atoms with van der Waals surface area (Å²) in [6.45, 7) is 7.50. The second-order valence-electron chi connectivity index (χ2n) is 7.51. The molecular weight excluding hydrogens is 278 g/mol. The highest BCUT2D eigenvalue weighted by atomic mass is 16.2. The predicted molar refractivity (Wildman–Crippen MR) is 89.6 cm³/mol. The lowest BCUT2D eigenvalue weighted by Crippen LogP contribution is -2.41. The second kappa shape index (κ2) is 9.82. The number of rotatable bonds is 7. The molecule has 0 heterocycles. The molecule has 0 aromatic rings. The Morgan fingerprint density at radius 2 is 1.55 bits per heavy atom. The third-order valence-electron chi connectivity index (χ3n) is 3.87. The van der Waals surface area contributed by atoms with Crippen LogP contribution in [0.3, 0.4) is 0 Å². The maximum Gasteiger partial charge on any atom is 0.239 e. The van der Waals surface area contributed by atoms with Gasteiger partial charge in [0.2, 0.25) is 11.8 Å². The van der Waals surface area contributed by atoms with Gasteiger partial charge in [-0.15, -0.1) is 0 Å². The highest BCUT2D eigenvalue weighted by Crippen LogP contribution is 2.17. The number of carbonyl (C=O) groups excluding carboxylic acids is 2. The van der Waals surface area contributed by atoms with Crippen molar-refractivity contribution in [2.75, 3.05) is 19.6 Å². The molecule has 1 aliphatic carbocycles. The molecular formula is C17H33N3O2. The van der Waals surface area contributed by atoms with Crippen molar-refractivity contribution >= 4 is 11.8 Å².